The molecule has 0 aliphatic rings. The lowest BCUT2D eigenvalue weighted by Crippen LogP contribution is -2.27. The van der Waals surface area contributed by atoms with E-state index >= 15 is 0 Å². The van der Waals surface area contributed by atoms with Crippen LogP contribution in [0.1, 0.15) is 10.4 Å². The van der Waals surface area contributed by atoms with E-state index in [-0.39, 0.29) is 24.9 Å². The van der Waals surface area contributed by atoms with Crippen LogP contribution in [0.3, 0.4) is 0 Å². The number of aliphatic hydroxyl groups is 1. The van der Waals surface area contributed by atoms with Gasteiger partial charge in [-0.3, -0.25) is 4.79 Å². The molecule has 1 aromatic carbocycles. The fourth-order valence-electron chi connectivity index (χ4n) is 1.11. The van der Waals surface area contributed by atoms with Gasteiger partial charge in [-0.25, -0.2) is 4.39 Å². The molecule has 4 nitrogen and oxygen atoms in total. The maximum atomic E-state index is 12.6. The summed E-state index contributed by atoms with van der Waals surface area (Å²) in [7, 11) is 0. The van der Waals surface area contributed by atoms with Crippen LogP contribution in [0.5, 0.6) is 0 Å². The number of hydrogen-bond acceptors (Lipinski definition) is 3. The van der Waals surface area contributed by atoms with Gasteiger partial charge in [0.25, 0.3) is 5.91 Å². The first-order valence-electron chi connectivity index (χ1n) is 4.96. The molecule has 0 saturated carbocycles. The molecule has 0 radical (unpaired) electrons. The molecule has 0 aliphatic heterocycles. The number of nitrogens with one attached hydrogen (secondary N) is 1. The first kappa shape index (κ1) is 12.6. The number of hydrogen-bond donors (Lipinski definition) is 2. The maximum absolute atomic E-state index is 12.6. The van der Waals surface area contributed by atoms with E-state index in [2.05, 4.69) is 5.32 Å². The standard InChI is InChI=1S/C11H14FNO3/c12-10-3-1-9(2-4-10)11(15)13-5-7-16-8-6-14/h1-4,14H,5-8H2,(H,13,15). The molecule has 0 heterocycles. The van der Waals surface area contributed by atoms with Crippen LogP contribution in [0, 0.1) is 5.82 Å². The number of aliphatic hydroxyl groups excluding tert-OH is 1. The summed E-state index contributed by atoms with van der Waals surface area (Å²) in [5.41, 5.74) is 0.406. The number of ether oxygens (including phenoxy) is 1. The molecular formula is C11H14FNO3. The van der Waals surface area contributed by atoms with E-state index in [0.717, 1.165) is 0 Å². The second kappa shape index (κ2) is 6.92. The Balaban J connectivity index is 2.27. The van der Waals surface area contributed by atoms with E-state index in [0.29, 0.717) is 18.7 Å². The number of carbonyl (C=O) groups is 1. The van der Waals surface area contributed by atoms with Crippen molar-refractivity contribution in [2.75, 3.05) is 26.4 Å². The topological polar surface area (TPSA) is 58.6 Å². The zero-order valence-corrected chi connectivity index (χ0v) is 8.78. The Bertz CT molecular complexity index is 327. The highest BCUT2D eigenvalue weighted by Crippen LogP contribution is 2.01. The highest BCUT2D eigenvalue weighted by Gasteiger charge is 2.03. The second-order valence-corrected chi connectivity index (χ2v) is 3.10. The Kier molecular flexibility index (Phi) is 5.45. The van der Waals surface area contributed by atoms with Crippen molar-refractivity contribution in [3.63, 3.8) is 0 Å². The SMILES string of the molecule is O=C(NCCOCCO)c1ccc(F)cc1. The van der Waals surface area contributed by atoms with E-state index < -0.39 is 0 Å². The van der Waals surface area contributed by atoms with Crippen LogP contribution in [0.25, 0.3) is 0 Å². The summed E-state index contributed by atoms with van der Waals surface area (Å²) < 4.78 is 17.5. The molecule has 0 saturated heterocycles. The summed E-state index contributed by atoms with van der Waals surface area (Å²) >= 11 is 0. The van der Waals surface area contributed by atoms with Crippen molar-refractivity contribution in [1.82, 2.24) is 5.32 Å². The summed E-state index contributed by atoms with van der Waals surface area (Å²) in [4.78, 5) is 11.5. The number of amides is 1. The molecule has 1 aromatic rings. The third-order valence-electron chi connectivity index (χ3n) is 1.87. The van der Waals surface area contributed by atoms with Crippen molar-refractivity contribution < 1.29 is 19.0 Å². The lowest BCUT2D eigenvalue weighted by molar-refractivity contribution is 0.0838. The van der Waals surface area contributed by atoms with Gasteiger partial charge in [0.1, 0.15) is 5.82 Å². The summed E-state index contributed by atoms with van der Waals surface area (Å²) in [6.07, 6.45) is 0. The van der Waals surface area contributed by atoms with Crippen LogP contribution < -0.4 is 5.32 Å². The molecule has 88 valence electrons. The van der Waals surface area contributed by atoms with Gasteiger partial charge in [0, 0.05) is 12.1 Å². The van der Waals surface area contributed by atoms with Crippen LogP contribution in [0.15, 0.2) is 24.3 Å². The van der Waals surface area contributed by atoms with Gasteiger partial charge in [-0.05, 0) is 24.3 Å². The molecule has 16 heavy (non-hydrogen) atoms. The summed E-state index contributed by atoms with van der Waals surface area (Å²) in [6, 6.07) is 5.30. The smallest absolute Gasteiger partial charge is 0.251 e. The average molecular weight is 227 g/mol. The number of halogens is 1. The van der Waals surface area contributed by atoms with Crippen LogP contribution >= 0.6 is 0 Å². The monoisotopic (exact) mass is 227 g/mol. The predicted molar refractivity (Wildman–Crippen MR) is 56.6 cm³/mol. The van der Waals surface area contributed by atoms with E-state index in [1.807, 2.05) is 0 Å². The van der Waals surface area contributed by atoms with Crippen molar-refractivity contribution in [3.05, 3.63) is 35.6 Å². The van der Waals surface area contributed by atoms with Crippen LogP contribution in [0.4, 0.5) is 4.39 Å². The first-order valence-corrected chi connectivity index (χ1v) is 4.96. The van der Waals surface area contributed by atoms with Gasteiger partial charge in [0.05, 0.1) is 19.8 Å². The zero-order valence-electron chi connectivity index (χ0n) is 8.78. The maximum Gasteiger partial charge on any atom is 0.251 e. The number of benzene rings is 1. The Morgan fingerprint density at radius 2 is 2.00 bits per heavy atom. The minimum Gasteiger partial charge on any atom is -0.394 e. The Morgan fingerprint density at radius 1 is 1.31 bits per heavy atom. The molecule has 0 aliphatic carbocycles. The van der Waals surface area contributed by atoms with Gasteiger partial charge in [-0.1, -0.05) is 0 Å². The van der Waals surface area contributed by atoms with Crippen molar-refractivity contribution in [3.8, 4) is 0 Å². The highest BCUT2D eigenvalue weighted by atomic mass is 19.1. The Hall–Kier alpha value is -1.46. The summed E-state index contributed by atoms with van der Waals surface area (Å²) in [5.74, 6) is -0.643. The minimum absolute atomic E-state index is 0.0358. The molecule has 0 fully saturated rings. The van der Waals surface area contributed by atoms with Crippen LogP contribution in [-0.2, 0) is 4.74 Å². The van der Waals surface area contributed by atoms with Gasteiger partial charge in [-0.2, -0.15) is 0 Å². The van der Waals surface area contributed by atoms with Gasteiger partial charge in [0.2, 0.25) is 0 Å². The van der Waals surface area contributed by atoms with Crippen LogP contribution in [-0.4, -0.2) is 37.4 Å². The largest absolute Gasteiger partial charge is 0.394 e. The van der Waals surface area contributed by atoms with E-state index in [1.165, 1.54) is 24.3 Å². The summed E-state index contributed by atoms with van der Waals surface area (Å²) in [5, 5.41) is 11.0. The number of rotatable bonds is 6. The van der Waals surface area contributed by atoms with Crippen LogP contribution in [0.2, 0.25) is 0 Å². The molecular weight excluding hydrogens is 213 g/mol. The van der Waals surface area contributed by atoms with Gasteiger partial charge < -0.3 is 15.2 Å². The molecule has 0 spiro atoms. The predicted octanol–water partition coefficient (Wildman–Crippen LogP) is 0.564. The van der Waals surface area contributed by atoms with Crippen molar-refractivity contribution >= 4 is 5.91 Å². The van der Waals surface area contributed by atoms with Gasteiger partial charge in [-0.15, -0.1) is 0 Å². The Morgan fingerprint density at radius 3 is 2.62 bits per heavy atom. The van der Waals surface area contributed by atoms with Crippen molar-refractivity contribution in [2.24, 2.45) is 0 Å². The molecule has 5 heteroatoms. The molecule has 2 N–H and O–H groups in total. The second-order valence-electron chi connectivity index (χ2n) is 3.10. The highest BCUT2D eigenvalue weighted by molar-refractivity contribution is 5.94. The fraction of sp³-hybridized carbons (Fsp3) is 0.364. The zero-order chi connectivity index (χ0) is 11.8. The minimum atomic E-state index is -0.372. The molecule has 0 bridgehead atoms. The lowest BCUT2D eigenvalue weighted by atomic mass is 10.2. The van der Waals surface area contributed by atoms with Crippen molar-refractivity contribution in [1.29, 1.82) is 0 Å². The van der Waals surface area contributed by atoms with Gasteiger partial charge >= 0.3 is 0 Å². The van der Waals surface area contributed by atoms with E-state index in [9.17, 15) is 9.18 Å². The fourth-order valence-corrected chi connectivity index (χ4v) is 1.11. The van der Waals surface area contributed by atoms with Crippen molar-refractivity contribution in [2.45, 2.75) is 0 Å². The summed E-state index contributed by atoms with van der Waals surface area (Å²) in [6.45, 7) is 0.919. The molecule has 1 rings (SSSR count). The Labute approximate surface area is 93.0 Å². The third kappa shape index (κ3) is 4.37. The normalized spacial score (nSPS) is 10.1. The van der Waals surface area contributed by atoms with E-state index in [4.69, 9.17) is 9.84 Å². The molecule has 1 amide bonds. The van der Waals surface area contributed by atoms with Gasteiger partial charge in [0.15, 0.2) is 0 Å². The molecule has 0 aromatic heterocycles. The lowest BCUT2D eigenvalue weighted by Gasteiger charge is -2.05. The molecule has 0 unspecified atom stereocenters. The first-order chi connectivity index (χ1) is 7.74. The average Bonchev–Trinajstić information content (AvgIpc) is 2.29. The third-order valence-corrected chi connectivity index (χ3v) is 1.87. The number of carbonyl (C=O) groups excluding carboxylic acids is 1. The molecule has 0 atom stereocenters. The quantitative estimate of drug-likeness (QED) is 0.698. The van der Waals surface area contributed by atoms with E-state index in [1.54, 1.807) is 0 Å².